The quantitative estimate of drug-likeness (QED) is 0.778. The fourth-order valence-electron chi connectivity index (χ4n) is 3.98. The lowest BCUT2D eigenvalue weighted by Crippen LogP contribution is -2.38. The van der Waals surface area contributed by atoms with Crippen molar-refractivity contribution >= 4 is 33.8 Å². The van der Waals surface area contributed by atoms with Gasteiger partial charge < -0.3 is 14.0 Å². The van der Waals surface area contributed by atoms with Crippen molar-refractivity contribution in [2.24, 2.45) is 0 Å². The molecule has 1 aromatic carbocycles. The summed E-state index contributed by atoms with van der Waals surface area (Å²) in [6, 6.07) is 1.43. The fourth-order valence-corrected chi connectivity index (χ4v) is 5.27. The normalized spacial score (nSPS) is 26.8. The zero-order valence-electron chi connectivity index (χ0n) is 13.7. The van der Waals surface area contributed by atoms with Crippen LogP contribution >= 0.6 is 11.8 Å². The van der Waals surface area contributed by atoms with Crippen LogP contribution in [0.3, 0.4) is 0 Å². The molecule has 1 aromatic heterocycles. The first-order valence-electron chi connectivity index (χ1n) is 8.65. The van der Waals surface area contributed by atoms with Gasteiger partial charge >= 0.3 is 0 Å². The van der Waals surface area contributed by atoms with Crippen molar-refractivity contribution in [3.8, 4) is 0 Å². The van der Waals surface area contributed by atoms with Crippen LogP contribution in [0.25, 0.3) is 11.0 Å². The Hall–Kier alpha value is -1.71. The van der Waals surface area contributed by atoms with Crippen LogP contribution in [0.5, 0.6) is 0 Å². The highest BCUT2D eigenvalue weighted by molar-refractivity contribution is 8.14. The van der Waals surface area contributed by atoms with Crippen molar-refractivity contribution in [3.63, 3.8) is 0 Å². The number of aromatic nitrogens is 1. The molecule has 9 heteroatoms. The van der Waals surface area contributed by atoms with Gasteiger partial charge in [-0.1, -0.05) is 29.8 Å². The lowest BCUT2D eigenvalue weighted by atomic mass is 9.94. The molecule has 1 amide bonds. The number of anilines is 1. The van der Waals surface area contributed by atoms with Crippen LogP contribution in [-0.2, 0) is 9.47 Å². The molecule has 1 aliphatic carbocycles. The average Bonchev–Trinajstić information content (AvgIpc) is 3.35. The maximum absolute atomic E-state index is 14.5. The van der Waals surface area contributed by atoms with Crippen LogP contribution in [0.4, 0.5) is 19.4 Å². The third-order valence-corrected chi connectivity index (χ3v) is 6.46. The predicted molar refractivity (Wildman–Crippen MR) is 90.1 cm³/mol. The molecule has 1 saturated carbocycles. The van der Waals surface area contributed by atoms with Crippen LogP contribution in [0, 0.1) is 11.6 Å². The van der Waals surface area contributed by atoms with Crippen molar-refractivity contribution in [3.05, 3.63) is 23.3 Å². The third-order valence-electron chi connectivity index (χ3n) is 5.21. The van der Waals surface area contributed by atoms with Crippen molar-refractivity contribution in [2.45, 2.75) is 43.3 Å². The summed E-state index contributed by atoms with van der Waals surface area (Å²) < 4.78 is 44.6. The lowest BCUT2D eigenvalue weighted by Gasteiger charge is -2.28. The van der Waals surface area contributed by atoms with E-state index in [0.717, 1.165) is 25.7 Å². The highest BCUT2D eigenvalue weighted by atomic mass is 32.2. The lowest BCUT2D eigenvalue weighted by molar-refractivity contribution is -0.0467. The Bertz CT molecular complexity index is 883. The van der Waals surface area contributed by atoms with E-state index >= 15 is 0 Å². The Morgan fingerprint density at radius 2 is 1.92 bits per heavy atom. The summed E-state index contributed by atoms with van der Waals surface area (Å²) in [6.07, 6.45) is 2.98. The van der Waals surface area contributed by atoms with Gasteiger partial charge in [0.05, 0.1) is 24.6 Å². The molecule has 2 saturated heterocycles. The van der Waals surface area contributed by atoms with Crippen LogP contribution in [-0.4, -0.2) is 34.9 Å². The van der Waals surface area contributed by atoms with Gasteiger partial charge in [0.15, 0.2) is 17.9 Å². The molecular weight excluding hydrogens is 366 g/mol. The molecule has 2 atom stereocenters. The molecule has 1 unspecified atom stereocenters. The number of carbonyl (C=O) groups is 1. The summed E-state index contributed by atoms with van der Waals surface area (Å²) in [7, 11) is 0. The Labute approximate surface area is 151 Å². The molecule has 6 nitrogen and oxygen atoms in total. The predicted octanol–water partition coefficient (Wildman–Crippen LogP) is 4.14. The number of ether oxygens (including phenoxy) is 2. The van der Waals surface area contributed by atoms with Crippen molar-refractivity contribution in [1.29, 1.82) is 0 Å². The number of rotatable bonds is 2. The van der Waals surface area contributed by atoms with E-state index in [-0.39, 0.29) is 38.9 Å². The summed E-state index contributed by atoms with van der Waals surface area (Å²) in [6.45, 7) is 0.622. The van der Waals surface area contributed by atoms with Gasteiger partial charge in [-0.25, -0.2) is 4.39 Å². The summed E-state index contributed by atoms with van der Waals surface area (Å²) in [5, 5.41) is 4.25. The van der Waals surface area contributed by atoms with Gasteiger partial charge in [-0.05, 0) is 18.9 Å². The minimum absolute atomic E-state index is 0.00472. The van der Waals surface area contributed by atoms with Crippen molar-refractivity contribution in [2.75, 3.05) is 18.1 Å². The number of halogens is 2. The number of carbonyl (C=O) groups excluding carboxylic acids is 1. The molecule has 2 aliphatic heterocycles. The second kappa shape index (κ2) is 6.17. The summed E-state index contributed by atoms with van der Waals surface area (Å²) >= 11 is 1.29. The minimum atomic E-state index is -1.14. The zero-order chi connectivity index (χ0) is 17.8. The van der Waals surface area contributed by atoms with Gasteiger partial charge in [0.25, 0.3) is 5.24 Å². The molecule has 2 aromatic rings. The number of nitrogens with zero attached hydrogens (tertiary/aromatic N) is 2. The van der Waals surface area contributed by atoms with E-state index in [4.69, 9.17) is 14.0 Å². The minimum Gasteiger partial charge on any atom is -0.351 e. The highest BCUT2D eigenvalue weighted by Crippen LogP contribution is 2.45. The second-order valence-corrected chi connectivity index (χ2v) is 7.88. The van der Waals surface area contributed by atoms with Crippen LogP contribution < -0.4 is 4.90 Å². The van der Waals surface area contributed by atoms with Gasteiger partial charge in [0, 0.05) is 10.8 Å². The number of amides is 1. The first kappa shape index (κ1) is 16.5. The van der Waals surface area contributed by atoms with Crippen LogP contribution in [0.2, 0.25) is 0 Å². The summed E-state index contributed by atoms with van der Waals surface area (Å²) in [5.74, 6) is -1.98. The van der Waals surface area contributed by atoms with E-state index in [1.54, 1.807) is 4.90 Å². The molecule has 3 heterocycles. The fraction of sp³-hybridized carbons (Fsp3) is 0.529. The monoisotopic (exact) mass is 382 g/mol. The third kappa shape index (κ3) is 2.37. The van der Waals surface area contributed by atoms with Gasteiger partial charge in [-0.15, -0.1) is 0 Å². The Morgan fingerprint density at radius 3 is 2.73 bits per heavy atom. The Morgan fingerprint density at radius 1 is 1.15 bits per heavy atom. The van der Waals surface area contributed by atoms with Gasteiger partial charge in [0.2, 0.25) is 11.4 Å². The Balaban J connectivity index is 1.63. The van der Waals surface area contributed by atoms with Crippen LogP contribution in [0.1, 0.15) is 37.5 Å². The number of benzene rings is 1. The first-order valence-corrected chi connectivity index (χ1v) is 9.53. The summed E-state index contributed by atoms with van der Waals surface area (Å²) in [5.41, 5.74) is -0.340. The first-order chi connectivity index (χ1) is 12.6. The number of hydrogen-bond acceptors (Lipinski definition) is 6. The van der Waals surface area contributed by atoms with E-state index in [0.29, 0.717) is 13.2 Å². The van der Waals surface area contributed by atoms with E-state index in [2.05, 4.69) is 5.16 Å². The van der Waals surface area contributed by atoms with Gasteiger partial charge in [0.1, 0.15) is 0 Å². The molecule has 0 bridgehead atoms. The molecule has 138 valence electrons. The van der Waals surface area contributed by atoms with Gasteiger partial charge in [-0.3, -0.25) is 9.69 Å². The van der Waals surface area contributed by atoms with Crippen LogP contribution in [0.15, 0.2) is 10.6 Å². The molecule has 0 radical (unpaired) electrons. The van der Waals surface area contributed by atoms with E-state index in [9.17, 15) is 13.6 Å². The zero-order valence-corrected chi connectivity index (χ0v) is 14.6. The van der Waals surface area contributed by atoms with Crippen molar-refractivity contribution < 1.29 is 27.6 Å². The van der Waals surface area contributed by atoms with Crippen molar-refractivity contribution in [1.82, 2.24) is 5.16 Å². The largest absolute Gasteiger partial charge is 0.351 e. The molecular formula is C17H16F2N2O4S. The molecule has 5 rings (SSSR count). The topological polar surface area (TPSA) is 64.8 Å². The molecule has 26 heavy (non-hydrogen) atoms. The van der Waals surface area contributed by atoms with E-state index < -0.39 is 17.9 Å². The second-order valence-electron chi connectivity index (χ2n) is 6.69. The highest BCUT2D eigenvalue weighted by Gasteiger charge is 2.44. The van der Waals surface area contributed by atoms with E-state index in [1.807, 2.05) is 0 Å². The smallest absolute Gasteiger partial charge is 0.287 e. The Kier molecular flexibility index (Phi) is 3.91. The maximum atomic E-state index is 14.5. The number of thioether (sulfide) groups is 1. The molecule has 0 N–H and O–H groups in total. The maximum Gasteiger partial charge on any atom is 0.287 e. The SMILES string of the molecule is O=C1SC2CCCC[C@H]2N1c1noc2c(F)c(F)c(C3OCCO3)cc12. The van der Waals surface area contributed by atoms with Gasteiger partial charge in [-0.2, -0.15) is 4.39 Å². The molecule has 3 aliphatic rings. The molecule has 0 spiro atoms. The average molecular weight is 382 g/mol. The standard InChI is InChI=1S/C17H16F2N2O4S/c18-12-8(16-23-5-6-24-16)7-9-14(13(12)19)25-20-15(9)21-10-3-1-2-4-11(10)26-17(21)22/h7,10-11,16H,1-6H2/t10-,11?/m1/s1. The molecule has 3 fully saturated rings. The summed E-state index contributed by atoms with van der Waals surface area (Å²) in [4.78, 5) is 14.1. The number of fused-ring (bicyclic) bond motifs is 2. The number of hydrogen-bond donors (Lipinski definition) is 0. The van der Waals surface area contributed by atoms with E-state index in [1.165, 1.54) is 17.8 Å².